The molecule has 11 heteroatoms. The minimum absolute atomic E-state index is 0.00800. The van der Waals surface area contributed by atoms with Crippen LogP contribution in [0.4, 0.5) is 5.69 Å². The fourth-order valence-electron chi connectivity index (χ4n) is 5.96. The van der Waals surface area contributed by atoms with Crippen molar-refractivity contribution in [1.29, 1.82) is 0 Å². The molecule has 0 aromatic heterocycles. The first-order valence-electron chi connectivity index (χ1n) is 15.9. The Hall–Kier alpha value is -3.37. The van der Waals surface area contributed by atoms with Crippen LogP contribution >= 0.6 is 39.1 Å². The van der Waals surface area contributed by atoms with E-state index in [4.69, 9.17) is 23.2 Å². The van der Waals surface area contributed by atoms with Gasteiger partial charge in [0.15, 0.2) is 0 Å². The lowest BCUT2D eigenvalue weighted by Crippen LogP contribution is -2.55. The molecule has 0 spiro atoms. The van der Waals surface area contributed by atoms with Crippen LogP contribution in [0.5, 0.6) is 0 Å². The largest absolute Gasteiger partial charge is 0.352 e. The van der Waals surface area contributed by atoms with Crippen LogP contribution in [-0.2, 0) is 32.6 Å². The predicted octanol–water partition coefficient (Wildman–Crippen LogP) is 8.35. The first-order chi connectivity index (χ1) is 23.0. The van der Waals surface area contributed by atoms with Gasteiger partial charge in [-0.15, -0.1) is 0 Å². The normalized spacial score (nSPS) is 14.2. The Balaban J connectivity index is 1.59. The summed E-state index contributed by atoms with van der Waals surface area (Å²) in [4.78, 5) is 30.4. The molecule has 1 aliphatic rings. The second-order valence-corrected chi connectivity index (χ2v) is 15.7. The molecule has 4 aromatic rings. The molecule has 48 heavy (non-hydrogen) atoms. The molecule has 4 aromatic carbocycles. The van der Waals surface area contributed by atoms with Gasteiger partial charge in [-0.3, -0.25) is 13.9 Å². The van der Waals surface area contributed by atoms with Crippen molar-refractivity contribution < 1.29 is 18.0 Å². The molecule has 5 rings (SSSR count). The minimum Gasteiger partial charge on any atom is -0.352 e. The molecule has 0 heterocycles. The van der Waals surface area contributed by atoms with Crippen molar-refractivity contribution in [2.45, 2.75) is 69.0 Å². The SMILES string of the molecule is Cc1ccc(S(=O)(=O)N(CC(=O)N(Cc2cccc(Br)c2)C(Cc2ccccc2)C(=O)NC2CCCCC2)c2cc(Cl)ccc2Cl)cc1. The van der Waals surface area contributed by atoms with Crippen LogP contribution in [0.1, 0.15) is 48.8 Å². The Morgan fingerprint density at radius 1 is 0.875 bits per heavy atom. The molecule has 1 aliphatic carbocycles. The van der Waals surface area contributed by atoms with Gasteiger partial charge in [0.1, 0.15) is 12.6 Å². The maximum Gasteiger partial charge on any atom is 0.264 e. The van der Waals surface area contributed by atoms with Crippen molar-refractivity contribution in [3.63, 3.8) is 0 Å². The number of nitrogens with zero attached hydrogens (tertiary/aromatic N) is 2. The summed E-state index contributed by atoms with van der Waals surface area (Å²) in [6.45, 7) is 1.30. The first-order valence-corrected chi connectivity index (χ1v) is 18.9. The van der Waals surface area contributed by atoms with E-state index in [2.05, 4.69) is 21.2 Å². The number of anilines is 1. The molecule has 1 N–H and O–H groups in total. The fourth-order valence-corrected chi connectivity index (χ4v) is 8.27. The predicted molar refractivity (Wildman–Crippen MR) is 196 cm³/mol. The number of nitrogens with one attached hydrogen (secondary N) is 1. The van der Waals surface area contributed by atoms with Crippen LogP contribution in [-0.4, -0.2) is 43.8 Å². The smallest absolute Gasteiger partial charge is 0.264 e. The highest BCUT2D eigenvalue weighted by Crippen LogP contribution is 2.33. The molecule has 0 aliphatic heterocycles. The molecule has 1 fully saturated rings. The molecule has 7 nitrogen and oxygen atoms in total. The van der Waals surface area contributed by atoms with E-state index in [-0.39, 0.29) is 45.5 Å². The van der Waals surface area contributed by atoms with Gasteiger partial charge < -0.3 is 10.2 Å². The number of carbonyl (C=O) groups is 2. The summed E-state index contributed by atoms with van der Waals surface area (Å²) < 4.78 is 30.4. The van der Waals surface area contributed by atoms with Crippen molar-refractivity contribution in [3.05, 3.63) is 128 Å². The summed E-state index contributed by atoms with van der Waals surface area (Å²) in [6, 6.07) is 26.9. The number of benzene rings is 4. The second-order valence-electron chi connectivity index (χ2n) is 12.1. The van der Waals surface area contributed by atoms with E-state index in [0.717, 1.165) is 57.6 Å². The highest BCUT2D eigenvalue weighted by atomic mass is 79.9. The van der Waals surface area contributed by atoms with Crippen LogP contribution in [0.25, 0.3) is 0 Å². The first kappa shape index (κ1) is 35.9. The standard InChI is InChI=1S/C37H38BrCl2N3O4S/c1-26-15-18-32(19-16-26)48(46,47)43(34-23-30(39)17-20-33(34)40)25-36(44)42(24-28-11-8-12-29(38)21-28)35(22-27-9-4-2-5-10-27)37(45)41-31-13-6-3-7-14-31/h2,4-5,8-12,15-21,23,31,35H,3,6-7,13-14,22,24-25H2,1H3,(H,41,45). The van der Waals surface area contributed by atoms with Gasteiger partial charge in [-0.05, 0) is 73.4 Å². The summed E-state index contributed by atoms with van der Waals surface area (Å²) >= 11 is 16.5. The molecule has 252 valence electrons. The quantitative estimate of drug-likeness (QED) is 0.157. The van der Waals surface area contributed by atoms with Gasteiger partial charge in [-0.25, -0.2) is 8.42 Å². The van der Waals surface area contributed by atoms with Crippen LogP contribution in [0.15, 0.2) is 106 Å². The van der Waals surface area contributed by atoms with Gasteiger partial charge in [-0.2, -0.15) is 0 Å². The zero-order chi connectivity index (χ0) is 34.3. The van der Waals surface area contributed by atoms with Crippen molar-refractivity contribution in [2.75, 3.05) is 10.8 Å². The highest BCUT2D eigenvalue weighted by Gasteiger charge is 2.36. The van der Waals surface area contributed by atoms with Gasteiger partial charge >= 0.3 is 0 Å². The summed E-state index contributed by atoms with van der Waals surface area (Å²) in [6.07, 6.45) is 5.17. The summed E-state index contributed by atoms with van der Waals surface area (Å²) in [5.41, 5.74) is 2.59. The fraction of sp³-hybridized carbons (Fsp3) is 0.297. The van der Waals surface area contributed by atoms with Crippen LogP contribution in [0.3, 0.4) is 0 Å². The van der Waals surface area contributed by atoms with E-state index >= 15 is 0 Å². The summed E-state index contributed by atoms with van der Waals surface area (Å²) in [7, 11) is -4.31. The lowest BCUT2D eigenvalue weighted by molar-refractivity contribution is -0.140. The number of hydrogen-bond donors (Lipinski definition) is 1. The van der Waals surface area contributed by atoms with Gasteiger partial charge in [0.25, 0.3) is 10.0 Å². The number of halogens is 3. The topological polar surface area (TPSA) is 86.8 Å². The van der Waals surface area contributed by atoms with Gasteiger partial charge in [0.05, 0.1) is 15.6 Å². The second kappa shape index (κ2) is 16.4. The summed E-state index contributed by atoms with van der Waals surface area (Å²) in [5, 5.41) is 3.59. The Labute approximate surface area is 301 Å². The molecule has 2 amide bonds. The zero-order valence-corrected chi connectivity index (χ0v) is 30.5. The lowest BCUT2D eigenvalue weighted by Gasteiger charge is -2.35. The molecule has 0 bridgehead atoms. The highest BCUT2D eigenvalue weighted by molar-refractivity contribution is 9.10. The molecule has 0 saturated heterocycles. The van der Waals surface area contributed by atoms with Crippen molar-refractivity contribution >= 4 is 66.7 Å². The van der Waals surface area contributed by atoms with Crippen molar-refractivity contribution in [3.8, 4) is 0 Å². The van der Waals surface area contributed by atoms with Crippen molar-refractivity contribution in [1.82, 2.24) is 10.2 Å². The molecular formula is C37H38BrCl2N3O4S. The third-order valence-electron chi connectivity index (χ3n) is 8.53. The average molecular weight is 772 g/mol. The Kier molecular flexibility index (Phi) is 12.2. The van der Waals surface area contributed by atoms with Gasteiger partial charge in [-0.1, -0.05) is 119 Å². The number of rotatable bonds is 12. The Morgan fingerprint density at radius 2 is 1.56 bits per heavy atom. The van der Waals surface area contributed by atoms with Crippen LogP contribution in [0.2, 0.25) is 10.0 Å². The maximum atomic E-state index is 14.7. The number of hydrogen-bond acceptors (Lipinski definition) is 4. The zero-order valence-electron chi connectivity index (χ0n) is 26.6. The number of sulfonamides is 1. The van der Waals surface area contributed by atoms with E-state index in [1.807, 2.05) is 61.5 Å². The van der Waals surface area contributed by atoms with Gasteiger partial charge in [0, 0.05) is 28.5 Å². The average Bonchev–Trinajstić information content (AvgIpc) is 3.07. The van der Waals surface area contributed by atoms with E-state index in [1.165, 1.54) is 29.2 Å². The summed E-state index contributed by atoms with van der Waals surface area (Å²) in [5.74, 6) is -0.843. The van der Waals surface area contributed by atoms with E-state index in [9.17, 15) is 18.0 Å². The van der Waals surface area contributed by atoms with Gasteiger partial charge in [0.2, 0.25) is 11.8 Å². The maximum absolute atomic E-state index is 14.7. The van der Waals surface area contributed by atoms with Crippen LogP contribution < -0.4 is 9.62 Å². The number of aryl methyl sites for hydroxylation is 1. The number of amides is 2. The molecule has 1 atom stereocenters. The molecule has 1 unspecified atom stereocenters. The Morgan fingerprint density at radius 3 is 2.25 bits per heavy atom. The monoisotopic (exact) mass is 769 g/mol. The third-order valence-corrected chi connectivity index (χ3v) is 11.4. The molecule has 0 radical (unpaired) electrons. The minimum atomic E-state index is -4.31. The van der Waals surface area contributed by atoms with Crippen molar-refractivity contribution in [2.24, 2.45) is 0 Å². The third kappa shape index (κ3) is 9.20. The van der Waals surface area contributed by atoms with E-state index in [1.54, 1.807) is 18.2 Å². The Bertz CT molecular complexity index is 1840. The van der Waals surface area contributed by atoms with E-state index in [0.29, 0.717) is 0 Å². The van der Waals surface area contributed by atoms with E-state index < -0.39 is 28.5 Å². The molecular weight excluding hydrogens is 733 g/mol. The molecule has 1 saturated carbocycles. The lowest BCUT2D eigenvalue weighted by atomic mass is 9.94. The van der Waals surface area contributed by atoms with Crippen LogP contribution in [0, 0.1) is 6.92 Å². The number of carbonyl (C=O) groups excluding carboxylic acids is 2.